The van der Waals surface area contributed by atoms with Crippen molar-refractivity contribution in [1.29, 1.82) is 0 Å². The zero-order valence-corrected chi connectivity index (χ0v) is 13.4. The van der Waals surface area contributed by atoms with E-state index in [0.717, 1.165) is 28.3 Å². The molecule has 1 aliphatic carbocycles. The summed E-state index contributed by atoms with van der Waals surface area (Å²) in [5.41, 5.74) is 3.18. The molecular formula is C21H19NO2. The number of benzene rings is 2. The Morgan fingerprint density at radius 3 is 2.62 bits per heavy atom. The minimum atomic E-state index is 0.0603. The van der Waals surface area contributed by atoms with Gasteiger partial charge in [0.25, 0.3) is 0 Å². The van der Waals surface area contributed by atoms with Gasteiger partial charge in [-0.1, -0.05) is 42.5 Å². The first kappa shape index (κ1) is 15.0. The highest BCUT2D eigenvalue weighted by atomic mass is 16.3. The molecule has 0 aliphatic heterocycles. The third kappa shape index (κ3) is 2.95. The number of hydrogen-bond donors (Lipinski definition) is 1. The Bertz CT molecular complexity index is 886. The van der Waals surface area contributed by atoms with Crippen molar-refractivity contribution < 1.29 is 9.90 Å². The van der Waals surface area contributed by atoms with E-state index in [9.17, 15) is 4.79 Å². The normalized spacial score (nSPS) is 19.4. The maximum atomic E-state index is 12.6. The van der Waals surface area contributed by atoms with Crippen LogP contribution in [0.2, 0.25) is 0 Å². The monoisotopic (exact) mass is 317 g/mol. The molecule has 1 N–H and O–H groups in total. The number of fused-ring (bicyclic) bond motifs is 1. The van der Waals surface area contributed by atoms with Crippen LogP contribution in [0.3, 0.4) is 0 Å². The molecule has 1 heterocycles. The van der Waals surface area contributed by atoms with Crippen LogP contribution in [0.1, 0.15) is 29.0 Å². The molecule has 1 fully saturated rings. The largest absolute Gasteiger partial charge is 0.392 e. The average Bonchev–Trinajstić information content (AvgIpc) is 3.42. The standard InChI is InChI=1S/C21H19NO2/c23-13-14-1-4-16(5-2-14)19-11-20(19)21(24)10-15-3-6-18-12-22-8-7-17(18)9-15/h1-9,12,19-20,23H,10-11,13H2/t19-,20+/m0/s1. The zero-order chi connectivity index (χ0) is 16.5. The summed E-state index contributed by atoms with van der Waals surface area (Å²) < 4.78 is 0. The molecular weight excluding hydrogens is 298 g/mol. The number of Topliss-reactive ketones (excluding diaryl/α,β-unsaturated/α-hetero) is 1. The Balaban J connectivity index is 1.44. The summed E-state index contributed by atoms with van der Waals surface area (Å²) in [7, 11) is 0. The van der Waals surface area contributed by atoms with Crippen LogP contribution < -0.4 is 0 Å². The van der Waals surface area contributed by atoms with E-state index in [1.54, 1.807) is 6.20 Å². The van der Waals surface area contributed by atoms with Crippen LogP contribution in [0, 0.1) is 5.92 Å². The molecule has 3 nitrogen and oxygen atoms in total. The third-order valence-electron chi connectivity index (χ3n) is 4.88. The lowest BCUT2D eigenvalue weighted by molar-refractivity contribution is -0.119. The second-order valence-electron chi connectivity index (χ2n) is 6.55. The minimum absolute atomic E-state index is 0.0603. The molecule has 3 heteroatoms. The zero-order valence-electron chi connectivity index (χ0n) is 13.4. The Morgan fingerprint density at radius 1 is 1.04 bits per heavy atom. The lowest BCUT2D eigenvalue weighted by Gasteiger charge is -2.04. The lowest BCUT2D eigenvalue weighted by atomic mass is 10.0. The quantitative estimate of drug-likeness (QED) is 0.781. The molecule has 1 saturated carbocycles. The van der Waals surface area contributed by atoms with Crippen molar-refractivity contribution >= 4 is 16.6 Å². The summed E-state index contributed by atoms with van der Waals surface area (Å²) >= 11 is 0. The maximum Gasteiger partial charge on any atom is 0.140 e. The van der Waals surface area contributed by atoms with Gasteiger partial charge in [0.2, 0.25) is 0 Å². The predicted molar refractivity (Wildman–Crippen MR) is 93.7 cm³/mol. The molecule has 0 saturated heterocycles. The fraction of sp³-hybridized carbons (Fsp3) is 0.238. The second-order valence-corrected chi connectivity index (χ2v) is 6.55. The van der Waals surface area contributed by atoms with E-state index in [0.29, 0.717) is 18.1 Å². The molecule has 0 bridgehead atoms. The van der Waals surface area contributed by atoms with Gasteiger partial charge in [-0.05, 0) is 40.5 Å². The van der Waals surface area contributed by atoms with E-state index in [-0.39, 0.29) is 12.5 Å². The summed E-state index contributed by atoms with van der Waals surface area (Å²) in [6.07, 6.45) is 5.05. The van der Waals surface area contributed by atoms with Gasteiger partial charge in [-0.3, -0.25) is 9.78 Å². The molecule has 2 aromatic carbocycles. The van der Waals surface area contributed by atoms with Crippen LogP contribution in [0.4, 0.5) is 0 Å². The number of ketones is 1. The number of carbonyl (C=O) groups is 1. The average molecular weight is 317 g/mol. The van der Waals surface area contributed by atoms with Gasteiger partial charge in [0.1, 0.15) is 5.78 Å². The maximum absolute atomic E-state index is 12.6. The van der Waals surface area contributed by atoms with Crippen molar-refractivity contribution in [2.75, 3.05) is 0 Å². The van der Waals surface area contributed by atoms with E-state index in [2.05, 4.69) is 11.1 Å². The Morgan fingerprint density at radius 2 is 1.83 bits per heavy atom. The van der Waals surface area contributed by atoms with Crippen molar-refractivity contribution in [2.45, 2.75) is 25.4 Å². The molecule has 0 radical (unpaired) electrons. The van der Waals surface area contributed by atoms with Crippen molar-refractivity contribution in [2.24, 2.45) is 5.92 Å². The van der Waals surface area contributed by atoms with Crippen molar-refractivity contribution in [3.8, 4) is 0 Å². The molecule has 4 rings (SSSR count). The number of hydrogen-bond acceptors (Lipinski definition) is 3. The number of aliphatic hydroxyl groups is 1. The van der Waals surface area contributed by atoms with Gasteiger partial charge >= 0.3 is 0 Å². The second kappa shape index (κ2) is 6.17. The molecule has 1 aromatic heterocycles. The van der Waals surface area contributed by atoms with Crippen molar-refractivity contribution in [1.82, 2.24) is 4.98 Å². The van der Waals surface area contributed by atoms with E-state index in [1.165, 1.54) is 5.56 Å². The topological polar surface area (TPSA) is 50.2 Å². The van der Waals surface area contributed by atoms with Crippen LogP contribution in [-0.4, -0.2) is 15.9 Å². The van der Waals surface area contributed by atoms with Gasteiger partial charge in [-0.25, -0.2) is 0 Å². The predicted octanol–water partition coefficient (Wildman–Crippen LogP) is 3.64. The summed E-state index contributed by atoms with van der Waals surface area (Å²) in [5, 5.41) is 11.3. The molecule has 0 amide bonds. The summed E-state index contributed by atoms with van der Waals surface area (Å²) in [6, 6.07) is 16.1. The number of aliphatic hydroxyl groups excluding tert-OH is 1. The summed E-state index contributed by atoms with van der Waals surface area (Å²) in [6.45, 7) is 0.0603. The third-order valence-corrected chi connectivity index (χ3v) is 4.88. The van der Waals surface area contributed by atoms with Crippen LogP contribution in [0.25, 0.3) is 10.8 Å². The van der Waals surface area contributed by atoms with Crippen molar-refractivity contribution in [3.05, 3.63) is 77.6 Å². The first-order valence-corrected chi connectivity index (χ1v) is 8.29. The van der Waals surface area contributed by atoms with Crippen molar-refractivity contribution in [3.63, 3.8) is 0 Å². The van der Waals surface area contributed by atoms with Crippen LogP contribution in [-0.2, 0) is 17.8 Å². The van der Waals surface area contributed by atoms with E-state index in [4.69, 9.17) is 5.11 Å². The Hall–Kier alpha value is -2.52. The molecule has 120 valence electrons. The summed E-state index contributed by atoms with van der Waals surface area (Å²) in [5.74, 6) is 0.799. The van der Waals surface area contributed by atoms with Crippen LogP contribution in [0.5, 0.6) is 0 Å². The number of nitrogens with zero attached hydrogens (tertiary/aromatic N) is 1. The fourth-order valence-corrected chi connectivity index (χ4v) is 3.36. The molecule has 24 heavy (non-hydrogen) atoms. The Kier molecular flexibility index (Phi) is 3.87. The lowest BCUT2D eigenvalue weighted by Crippen LogP contribution is -2.06. The molecule has 0 unspecified atom stereocenters. The highest BCUT2D eigenvalue weighted by molar-refractivity contribution is 5.89. The summed E-state index contributed by atoms with van der Waals surface area (Å²) in [4.78, 5) is 16.7. The highest BCUT2D eigenvalue weighted by Gasteiger charge is 2.43. The number of aromatic nitrogens is 1. The van der Waals surface area contributed by atoms with E-state index < -0.39 is 0 Å². The highest BCUT2D eigenvalue weighted by Crippen LogP contribution is 2.48. The van der Waals surface area contributed by atoms with Gasteiger partial charge in [0, 0.05) is 30.1 Å². The van der Waals surface area contributed by atoms with Gasteiger partial charge in [-0.2, -0.15) is 0 Å². The van der Waals surface area contributed by atoms with Gasteiger partial charge in [0.15, 0.2) is 0 Å². The van der Waals surface area contributed by atoms with Gasteiger partial charge in [0.05, 0.1) is 6.61 Å². The van der Waals surface area contributed by atoms with Crippen LogP contribution in [0.15, 0.2) is 60.9 Å². The van der Waals surface area contributed by atoms with Gasteiger partial charge < -0.3 is 5.11 Å². The Labute approximate surface area is 141 Å². The first-order valence-electron chi connectivity index (χ1n) is 8.29. The fourth-order valence-electron chi connectivity index (χ4n) is 3.36. The van der Waals surface area contributed by atoms with E-state index >= 15 is 0 Å². The van der Waals surface area contributed by atoms with E-state index in [1.807, 2.05) is 48.7 Å². The van der Waals surface area contributed by atoms with Gasteiger partial charge in [-0.15, -0.1) is 0 Å². The minimum Gasteiger partial charge on any atom is -0.392 e. The smallest absolute Gasteiger partial charge is 0.140 e. The molecule has 3 aromatic rings. The number of carbonyl (C=O) groups excluding carboxylic acids is 1. The molecule has 1 aliphatic rings. The molecule has 2 atom stereocenters. The number of rotatable bonds is 5. The van der Waals surface area contributed by atoms with Crippen LogP contribution >= 0.6 is 0 Å². The first-order chi connectivity index (χ1) is 11.7. The SMILES string of the molecule is O=C(Cc1ccc2cnccc2c1)[C@@H]1C[C@H]1c1ccc(CO)cc1. The molecule has 0 spiro atoms. The number of pyridine rings is 1.